The Labute approximate surface area is 357 Å². The summed E-state index contributed by atoms with van der Waals surface area (Å²) in [5.74, 6) is 1.71. The Bertz CT molecular complexity index is 1400. The van der Waals surface area contributed by atoms with Crippen LogP contribution < -0.4 is 21.2 Å². The van der Waals surface area contributed by atoms with Crippen molar-refractivity contribution in [1.82, 2.24) is 0 Å². The predicted octanol–water partition coefficient (Wildman–Crippen LogP) is 9.28. The largest absolute Gasteiger partial charge is 2.00 e. The van der Waals surface area contributed by atoms with E-state index in [1.54, 1.807) is 0 Å². The van der Waals surface area contributed by atoms with Gasteiger partial charge >= 0.3 is 34.1 Å². The molecule has 4 saturated carbocycles. The van der Waals surface area contributed by atoms with Gasteiger partial charge in [-0.1, -0.05) is 121 Å². The van der Waals surface area contributed by atoms with Gasteiger partial charge in [0.15, 0.2) is 5.79 Å². The van der Waals surface area contributed by atoms with Crippen molar-refractivity contribution in [2.75, 3.05) is 0 Å². The second-order valence-corrected chi connectivity index (χ2v) is 17.5. The monoisotopic (exact) mass is 838 g/mol. The molecule has 0 bridgehead atoms. The van der Waals surface area contributed by atoms with Gasteiger partial charge in [-0.3, -0.25) is 0 Å². The molecule has 0 unspecified atom stereocenters. The van der Waals surface area contributed by atoms with E-state index in [1.165, 1.54) is 44.4 Å². The van der Waals surface area contributed by atoms with Gasteiger partial charge in [-0.2, -0.15) is 0 Å². The molecule has 274 valence electrons. The number of rotatable bonds is 8. The molecule has 9 rings (SSSR count). The van der Waals surface area contributed by atoms with Crippen LogP contribution in [0.5, 0.6) is 0 Å². The quantitative estimate of drug-likeness (QED) is 0.130. The molecule has 0 spiro atoms. The van der Waals surface area contributed by atoms with Gasteiger partial charge < -0.3 is 9.47 Å². The first-order valence-electron chi connectivity index (χ1n) is 18.1. The van der Waals surface area contributed by atoms with Crippen LogP contribution in [0.3, 0.4) is 0 Å². The first-order chi connectivity index (χ1) is 26.1. The molecule has 0 aromatic heterocycles. The van der Waals surface area contributed by atoms with Crippen LogP contribution in [0.4, 0.5) is 0 Å². The maximum atomic E-state index is 6.83. The van der Waals surface area contributed by atoms with E-state index in [9.17, 15) is 0 Å². The zero-order chi connectivity index (χ0) is 36.3. The first-order valence-corrected chi connectivity index (χ1v) is 20.8. The maximum absolute atomic E-state index is 6.83. The van der Waals surface area contributed by atoms with Gasteiger partial charge in [0.1, 0.15) is 0 Å². The summed E-state index contributed by atoms with van der Waals surface area (Å²) in [5.41, 5.74) is 2.65. The summed E-state index contributed by atoms with van der Waals surface area (Å²) in [6.45, 7) is 4.08. The molecule has 2 atom stereocenters. The number of hydrogen-bond acceptors (Lipinski definition) is 2. The molecule has 5 fully saturated rings. The molecule has 5 aliphatic rings. The summed E-state index contributed by atoms with van der Waals surface area (Å²) in [5, 5.41) is 5.32. The molecule has 0 amide bonds. The normalized spacial score (nSPS) is 22.8. The first kappa shape index (κ1) is 44.8. The van der Waals surface area contributed by atoms with E-state index >= 15 is 0 Å². The average Bonchev–Trinajstić information content (AvgIpc) is 4.06. The van der Waals surface area contributed by atoms with Crippen LogP contribution in [0.15, 0.2) is 121 Å². The molecule has 1 aliphatic heterocycles. The second-order valence-electron chi connectivity index (χ2n) is 13.1. The van der Waals surface area contributed by atoms with E-state index in [0.29, 0.717) is 0 Å². The zero-order valence-corrected chi connectivity index (χ0v) is 34.9. The molecule has 6 heteroatoms. The molecule has 4 aliphatic carbocycles. The molecule has 4 aromatic rings. The van der Waals surface area contributed by atoms with Crippen LogP contribution >= 0.6 is 15.8 Å². The fraction of sp³-hybridized carbons (Fsp3) is 0.102. The van der Waals surface area contributed by atoms with E-state index in [2.05, 4.69) is 160 Å². The third kappa shape index (κ3) is 11.9. The minimum atomic E-state index is -0.777. The van der Waals surface area contributed by atoms with Crippen LogP contribution in [0.25, 0.3) is 0 Å². The molecular formula is C49H44Fe2O2P2+4. The van der Waals surface area contributed by atoms with E-state index in [4.69, 9.17) is 9.47 Å². The smallest absolute Gasteiger partial charge is 0.344 e. The summed E-state index contributed by atoms with van der Waals surface area (Å²) in [7, 11) is -1.55. The molecular weight excluding hydrogens is 794 g/mol. The van der Waals surface area contributed by atoms with Crippen molar-refractivity contribution >= 4 is 37.1 Å². The molecule has 0 N–H and O–H groups in total. The van der Waals surface area contributed by atoms with Gasteiger partial charge in [-0.25, -0.2) is 0 Å². The predicted molar refractivity (Wildman–Crippen MR) is 224 cm³/mol. The van der Waals surface area contributed by atoms with E-state index in [1.807, 2.05) is 78.1 Å². The standard InChI is InChI=1S/C39H34O2P2.2C5H5.2Fe/c1-39(2)40-37(33-25-15-27-35(33)42(29-17-7-3-8-18-29)30-19-9-4-10-20-30)38(41-39)34-26-16-28-36(34)43(31-21-11-5-12-22-31)32-23-13-6-14-24-32;2*1-2-4-5-3-1;;/h3-28,37-38H,1-2H3;2*1-5H;;/q;;;2*+2/t37-,38-;;;;/m1..../s1. The topological polar surface area (TPSA) is 18.5 Å². The van der Waals surface area contributed by atoms with Crippen LogP contribution in [0, 0.1) is 126 Å². The third-order valence-corrected chi connectivity index (χ3v) is 14.0. The Morgan fingerprint density at radius 2 is 0.618 bits per heavy atom. The molecule has 1 heterocycles. The zero-order valence-electron chi connectivity index (χ0n) is 30.9. The Morgan fingerprint density at radius 1 is 0.364 bits per heavy atom. The Morgan fingerprint density at radius 3 is 0.873 bits per heavy atom. The summed E-state index contributed by atoms with van der Waals surface area (Å²) in [6.07, 6.45) is 33.0. The maximum Gasteiger partial charge on any atom is 2.00 e. The summed E-state index contributed by atoms with van der Waals surface area (Å²) in [4.78, 5) is 0. The van der Waals surface area contributed by atoms with Crippen LogP contribution in [0.1, 0.15) is 13.8 Å². The van der Waals surface area contributed by atoms with E-state index < -0.39 is 21.6 Å². The van der Waals surface area contributed by atoms with Gasteiger partial charge in [0, 0.05) is 23.2 Å². The van der Waals surface area contributed by atoms with Crippen LogP contribution in [-0.2, 0) is 43.6 Å². The van der Waals surface area contributed by atoms with Gasteiger partial charge in [0.05, 0.1) is 12.2 Å². The van der Waals surface area contributed by atoms with Crippen molar-refractivity contribution in [3.8, 4) is 0 Å². The fourth-order valence-corrected chi connectivity index (χ4v) is 11.7. The Hall–Kier alpha value is -1.30. The van der Waals surface area contributed by atoms with Crippen molar-refractivity contribution in [2.24, 2.45) is 0 Å². The van der Waals surface area contributed by atoms with Crippen molar-refractivity contribution in [3.05, 3.63) is 247 Å². The second kappa shape index (κ2) is 22.7. The van der Waals surface area contributed by atoms with Gasteiger partial charge in [0.25, 0.3) is 0 Å². The van der Waals surface area contributed by atoms with Crippen LogP contribution in [-0.4, -0.2) is 18.0 Å². The van der Waals surface area contributed by atoms with Gasteiger partial charge in [0.2, 0.25) is 0 Å². The number of hydrogen-bond donors (Lipinski definition) is 0. The molecule has 1 saturated heterocycles. The van der Waals surface area contributed by atoms with Gasteiger partial charge in [-0.05, 0) is 154 Å². The third-order valence-electron chi connectivity index (χ3n) is 9.01. The number of benzene rings is 4. The molecule has 2 nitrogen and oxygen atoms in total. The Balaban J connectivity index is 0.000000421. The van der Waals surface area contributed by atoms with E-state index in [-0.39, 0.29) is 46.3 Å². The minimum absolute atomic E-state index is 0. The van der Waals surface area contributed by atoms with Crippen LogP contribution in [0.2, 0.25) is 0 Å². The average molecular weight is 839 g/mol. The summed E-state index contributed by atoms with van der Waals surface area (Å²) < 4.78 is 13.7. The summed E-state index contributed by atoms with van der Waals surface area (Å²) >= 11 is 0. The number of ether oxygens (including phenoxy) is 2. The van der Waals surface area contributed by atoms with Crippen molar-refractivity contribution in [3.63, 3.8) is 0 Å². The fourth-order valence-electron chi connectivity index (χ4n) is 6.76. The van der Waals surface area contributed by atoms with Crippen molar-refractivity contribution in [2.45, 2.75) is 31.8 Å². The molecule has 4 aromatic carbocycles. The van der Waals surface area contributed by atoms with Gasteiger partial charge in [-0.15, -0.1) is 0 Å². The van der Waals surface area contributed by atoms with Crippen molar-refractivity contribution in [1.29, 1.82) is 0 Å². The van der Waals surface area contributed by atoms with Crippen molar-refractivity contribution < 1.29 is 43.6 Å². The SMILES string of the molecule is CC1(C)O[C@H]([C]2[CH][CH][CH][C]2P(c2ccccc2)c2ccccc2)[C@@H]([C]2[CH][CH][CH][C]2P(c2ccccc2)c2ccccc2)O1.[CH]1[CH][CH][CH][CH]1.[CH]1[CH][CH][CH][CH]1.[Fe+2].[Fe+2]. The minimum Gasteiger partial charge on any atom is -0.344 e. The summed E-state index contributed by atoms with van der Waals surface area (Å²) in [6, 6.07) is 43.5. The van der Waals surface area contributed by atoms with E-state index in [0.717, 1.165) is 0 Å². The molecule has 20 radical (unpaired) electrons. The Kier molecular flexibility index (Phi) is 18.5. The molecule has 55 heavy (non-hydrogen) atoms.